The lowest BCUT2D eigenvalue weighted by Crippen LogP contribution is -2.51. The van der Waals surface area contributed by atoms with Crippen molar-refractivity contribution in [2.24, 2.45) is 22.6 Å². The van der Waals surface area contributed by atoms with E-state index in [2.05, 4.69) is 30.3 Å². The van der Waals surface area contributed by atoms with Gasteiger partial charge in [0.25, 0.3) is 0 Å². The number of aliphatic imine (C=N–C) groups is 1. The maximum Gasteiger partial charge on any atom is 0.192 e. The van der Waals surface area contributed by atoms with Gasteiger partial charge >= 0.3 is 0 Å². The lowest BCUT2D eigenvalue weighted by atomic mass is 9.93. The highest BCUT2D eigenvalue weighted by Gasteiger charge is 2.53. The average Bonchev–Trinajstić information content (AvgIpc) is 2.81. The molecule has 0 aromatic carbocycles. The summed E-state index contributed by atoms with van der Waals surface area (Å²) in [5.41, 5.74) is 6.03. The number of nitrogens with two attached hydrogens (primary N) is 1. The van der Waals surface area contributed by atoms with Crippen LogP contribution in [0.15, 0.2) is 17.6 Å². The van der Waals surface area contributed by atoms with Crippen molar-refractivity contribution in [1.82, 2.24) is 4.90 Å². The Morgan fingerprint density at radius 3 is 2.93 bits per heavy atom. The number of rotatable bonds is 3. The predicted octanol–water partition coefficient (Wildman–Crippen LogP) is 1.22. The topological polar surface area (TPSA) is 41.6 Å². The first-order valence-electron chi connectivity index (χ1n) is 5.28. The molecular formula is C11H19N3. The third-order valence-electron chi connectivity index (χ3n) is 3.67. The molecule has 14 heavy (non-hydrogen) atoms. The van der Waals surface area contributed by atoms with Crippen LogP contribution >= 0.6 is 0 Å². The van der Waals surface area contributed by atoms with Gasteiger partial charge in [0.1, 0.15) is 0 Å². The third-order valence-corrected chi connectivity index (χ3v) is 3.67. The molecule has 0 saturated heterocycles. The van der Waals surface area contributed by atoms with E-state index >= 15 is 0 Å². The fraction of sp³-hybridized carbons (Fsp3) is 0.727. The SMILES string of the molecule is C=CCN1C(N)=NCC1(C)C1CC1C. The molecule has 3 unspecified atom stereocenters. The zero-order chi connectivity index (χ0) is 10.3. The van der Waals surface area contributed by atoms with Crippen molar-refractivity contribution in [1.29, 1.82) is 0 Å². The monoisotopic (exact) mass is 193 g/mol. The molecule has 2 rings (SSSR count). The molecule has 0 amide bonds. The molecule has 1 fully saturated rings. The van der Waals surface area contributed by atoms with Gasteiger partial charge < -0.3 is 10.6 Å². The summed E-state index contributed by atoms with van der Waals surface area (Å²) in [5.74, 6) is 2.27. The van der Waals surface area contributed by atoms with Gasteiger partial charge in [-0.2, -0.15) is 0 Å². The highest BCUT2D eigenvalue weighted by atomic mass is 15.4. The summed E-state index contributed by atoms with van der Waals surface area (Å²) < 4.78 is 0. The van der Waals surface area contributed by atoms with E-state index in [1.165, 1.54) is 6.42 Å². The Hall–Kier alpha value is -0.990. The lowest BCUT2D eigenvalue weighted by Gasteiger charge is -2.36. The maximum absolute atomic E-state index is 5.88. The number of nitrogens with zero attached hydrogens (tertiary/aromatic N) is 2. The van der Waals surface area contributed by atoms with Crippen LogP contribution in [-0.2, 0) is 0 Å². The van der Waals surface area contributed by atoms with E-state index in [-0.39, 0.29) is 5.54 Å². The Morgan fingerprint density at radius 1 is 1.79 bits per heavy atom. The number of guanidine groups is 1. The molecule has 3 atom stereocenters. The molecular weight excluding hydrogens is 174 g/mol. The quantitative estimate of drug-likeness (QED) is 0.685. The molecule has 3 nitrogen and oxygen atoms in total. The van der Waals surface area contributed by atoms with Gasteiger partial charge in [0.2, 0.25) is 0 Å². The summed E-state index contributed by atoms with van der Waals surface area (Å²) in [4.78, 5) is 6.56. The minimum absolute atomic E-state index is 0.150. The van der Waals surface area contributed by atoms with Gasteiger partial charge in [-0.1, -0.05) is 13.0 Å². The van der Waals surface area contributed by atoms with Gasteiger partial charge in [0.05, 0.1) is 12.1 Å². The van der Waals surface area contributed by atoms with Crippen LogP contribution in [0.1, 0.15) is 20.3 Å². The Morgan fingerprint density at radius 2 is 2.43 bits per heavy atom. The van der Waals surface area contributed by atoms with Crippen LogP contribution in [0.2, 0.25) is 0 Å². The van der Waals surface area contributed by atoms with E-state index in [1.54, 1.807) is 0 Å². The van der Waals surface area contributed by atoms with E-state index in [9.17, 15) is 0 Å². The minimum atomic E-state index is 0.150. The van der Waals surface area contributed by atoms with E-state index in [0.717, 1.165) is 24.9 Å². The average molecular weight is 193 g/mol. The molecule has 78 valence electrons. The first-order chi connectivity index (χ1) is 6.59. The van der Waals surface area contributed by atoms with Gasteiger partial charge in [0.15, 0.2) is 5.96 Å². The number of hydrogen-bond acceptors (Lipinski definition) is 3. The first-order valence-corrected chi connectivity index (χ1v) is 5.28. The predicted molar refractivity (Wildman–Crippen MR) is 59.1 cm³/mol. The van der Waals surface area contributed by atoms with Crippen LogP contribution in [0, 0.1) is 11.8 Å². The summed E-state index contributed by atoms with van der Waals surface area (Å²) in [7, 11) is 0. The highest BCUT2D eigenvalue weighted by Crippen LogP contribution is 2.49. The second-order valence-corrected chi connectivity index (χ2v) is 4.75. The van der Waals surface area contributed by atoms with Gasteiger partial charge in [-0.3, -0.25) is 4.99 Å². The Kier molecular flexibility index (Phi) is 2.05. The largest absolute Gasteiger partial charge is 0.370 e. The van der Waals surface area contributed by atoms with Gasteiger partial charge in [-0.05, 0) is 25.2 Å². The van der Waals surface area contributed by atoms with Gasteiger partial charge in [0, 0.05) is 6.54 Å². The summed E-state index contributed by atoms with van der Waals surface area (Å²) in [6.07, 6.45) is 3.21. The molecule has 1 heterocycles. The molecule has 0 aromatic rings. The fourth-order valence-corrected chi connectivity index (χ4v) is 2.61. The van der Waals surface area contributed by atoms with E-state index < -0.39 is 0 Å². The zero-order valence-corrected chi connectivity index (χ0v) is 9.03. The summed E-state index contributed by atoms with van der Waals surface area (Å²) >= 11 is 0. The Balaban J connectivity index is 2.15. The van der Waals surface area contributed by atoms with E-state index in [0.29, 0.717) is 5.96 Å². The molecule has 0 spiro atoms. The standard InChI is InChI=1S/C11H19N3/c1-4-5-14-10(12)13-7-11(14,3)9-6-8(9)2/h4,8-9H,1,5-7H2,2-3H3,(H2,12,13). The fourth-order valence-electron chi connectivity index (χ4n) is 2.61. The van der Waals surface area contributed by atoms with Crippen molar-refractivity contribution in [3.05, 3.63) is 12.7 Å². The van der Waals surface area contributed by atoms with Crippen LogP contribution in [0.25, 0.3) is 0 Å². The van der Waals surface area contributed by atoms with Gasteiger partial charge in [-0.15, -0.1) is 6.58 Å². The van der Waals surface area contributed by atoms with E-state index in [1.807, 2.05) is 6.08 Å². The number of hydrogen-bond donors (Lipinski definition) is 1. The molecule has 1 aliphatic heterocycles. The van der Waals surface area contributed by atoms with Crippen LogP contribution in [0.5, 0.6) is 0 Å². The van der Waals surface area contributed by atoms with Crippen molar-refractivity contribution in [2.75, 3.05) is 13.1 Å². The molecule has 0 bridgehead atoms. The van der Waals surface area contributed by atoms with Crippen molar-refractivity contribution in [2.45, 2.75) is 25.8 Å². The van der Waals surface area contributed by atoms with Crippen LogP contribution in [0.3, 0.4) is 0 Å². The second-order valence-electron chi connectivity index (χ2n) is 4.75. The molecule has 2 N–H and O–H groups in total. The summed E-state index contributed by atoms with van der Waals surface area (Å²) in [6.45, 7) is 10.0. The Bertz CT molecular complexity index is 284. The van der Waals surface area contributed by atoms with E-state index in [4.69, 9.17) is 5.73 Å². The summed E-state index contributed by atoms with van der Waals surface area (Å²) in [6, 6.07) is 0. The third kappa shape index (κ3) is 1.22. The van der Waals surface area contributed by atoms with Crippen LogP contribution < -0.4 is 5.73 Å². The maximum atomic E-state index is 5.88. The molecule has 1 aliphatic carbocycles. The van der Waals surface area contributed by atoms with Crippen LogP contribution in [-0.4, -0.2) is 29.5 Å². The van der Waals surface area contributed by atoms with Crippen molar-refractivity contribution in [3.63, 3.8) is 0 Å². The molecule has 3 heteroatoms. The molecule has 0 aromatic heterocycles. The minimum Gasteiger partial charge on any atom is -0.370 e. The highest BCUT2D eigenvalue weighted by molar-refractivity contribution is 5.81. The van der Waals surface area contributed by atoms with Gasteiger partial charge in [-0.25, -0.2) is 0 Å². The van der Waals surface area contributed by atoms with Crippen molar-refractivity contribution >= 4 is 5.96 Å². The lowest BCUT2D eigenvalue weighted by molar-refractivity contribution is 0.200. The molecule has 2 aliphatic rings. The smallest absolute Gasteiger partial charge is 0.192 e. The Labute approximate surface area is 85.7 Å². The first kappa shape index (κ1) is 9.56. The normalized spacial score (nSPS) is 41.0. The molecule has 0 radical (unpaired) electrons. The summed E-state index contributed by atoms with van der Waals surface area (Å²) in [5, 5.41) is 0. The zero-order valence-electron chi connectivity index (χ0n) is 9.03. The van der Waals surface area contributed by atoms with Crippen LogP contribution in [0.4, 0.5) is 0 Å². The van der Waals surface area contributed by atoms with Crippen molar-refractivity contribution < 1.29 is 0 Å². The van der Waals surface area contributed by atoms with Crippen molar-refractivity contribution in [3.8, 4) is 0 Å². The molecule has 1 saturated carbocycles. The second kappa shape index (κ2) is 3.01.